The van der Waals surface area contributed by atoms with Crippen molar-refractivity contribution in [3.8, 4) is 0 Å². The molecule has 0 unspecified atom stereocenters. The third-order valence-electron chi connectivity index (χ3n) is 3.95. The maximum atomic E-state index is 13.0. The summed E-state index contributed by atoms with van der Waals surface area (Å²) in [5, 5.41) is 12.1. The normalized spacial score (nSPS) is 16.1. The molecule has 1 fully saturated rings. The van der Waals surface area contributed by atoms with Crippen LogP contribution in [0.3, 0.4) is 0 Å². The lowest BCUT2D eigenvalue weighted by molar-refractivity contribution is -0.121. The zero-order chi connectivity index (χ0) is 18.8. The first-order valence-electron chi connectivity index (χ1n) is 8.10. The molecule has 0 radical (unpaired) electrons. The van der Waals surface area contributed by atoms with Gasteiger partial charge in [0.2, 0.25) is 0 Å². The van der Waals surface area contributed by atoms with Crippen molar-refractivity contribution in [2.75, 3.05) is 25.0 Å². The fourth-order valence-electron chi connectivity index (χ4n) is 2.65. The van der Waals surface area contributed by atoms with E-state index in [9.17, 15) is 9.59 Å². The highest BCUT2D eigenvalue weighted by Gasteiger charge is 2.31. The van der Waals surface area contributed by atoms with Crippen LogP contribution in [0.1, 0.15) is 18.1 Å². The minimum atomic E-state index is -0.291. The van der Waals surface area contributed by atoms with Crippen LogP contribution in [0.4, 0.5) is 5.82 Å². The second-order valence-electron chi connectivity index (χ2n) is 5.64. The molecule has 1 aliphatic rings. The summed E-state index contributed by atoms with van der Waals surface area (Å²) in [6, 6.07) is 3.64. The van der Waals surface area contributed by atoms with Crippen LogP contribution in [-0.2, 0) is 4.79 Å². The molecule has 9 heteroatoms. The van der Waals surface area contributed by atoms with Crippen LogP contribution in [0.15, 0.2) is 28.0 Å². The molecular weight excluding hydrogens is 372 g/mol. The average Bonchev–Trinajstić information content (AvgIpc) is 2.89. The van der Waals surface area contributed by atoms with E-state index in [-0.39, 0.29) is 30.2 Å². The molecule has 3 rings (SSSR count). The summed E-state index contributed by atoms with van der Waals surface area (Å²) >= 11 is 6.39. The van der Waals surface area contributed by atoms with Crippen molar-refractivity contribution >= 4 is 51.7 Å². The molecule has 1 amide bonds. The lowest BCUT2D eigenvalue weighted by Crippen LogP contribution is -2.27. The van der Waals surface area contributed by atoms with Gasteiger partial charge in [-0.2, -0.15) is 0 Å². The number of anilines is 1. The molecule has 2 aromatic heterocycles. The summed E-state index contributed by atoms with van der Waals surface area (Å²) in [5.41, 5.74) is 1.34. The molecule has 7 nitrogen and oxygen atoms in total. The number of hydrogen-bond acceptors (Lipinski definition) is 7. The number of carbonyl (C=O) groups is 1. The predicted molar refractivity (Wildman–Crippen MR) is 107 cm³/mol. The maximum Gasteiger partial charge on any atom is 0.267 e. The monoisotopic (exact) mass is 390 g/mol. The number of thiocarbonyl (C=S) groups is 1. The number of aliphatic hydroxyl groups is 1. The molecule has 0 aromatic carbocycles. The third-order valence-corrected chi connectivity index (χ3v) is 5.33. The molecule has 136 valence electrons. The summed E-state index contributed by atoms with van der Waals surface area (Å²) in [6.45, 7) is 4.32. The van der Waals surface area contributed by atoms with Crippen molar-refractivity contribution < 1.29 is 9.90 Å². The average molecular weight is 390 g/mol. The number of fused-ring (bicyclic) bond motifs is 1. The van der Waals surface area contributed by atoms with Crippen LogP contribution >= 0.6 is 24.0 Å². The molecular formula is C17H18N4O3S2. The Bertz CT molecular complexity index is 984. The van der Waals surface area contributed by atoms with Crippen LogP contribution in [-0.4, -0.2) is 49.3 Å². The summed E-state index contributed by atoms with van der Waals surface area (Å²) < 4.78 is 1.92. The smallest absolute Gasteiger partial charge is 0.267 e. The van der Waals surface area contributed by atoms with Crippen molar-refractivity contribution in [3.05, 3.63) is 44.7 Å². The van der Waals surface area contributed by atoms with Crippen LogP contribution in [0.25, 0.3) is 11.7 Å². The lowest BCUT2D eigenvalue weighted by Gasteiger charge is -2.12. The quantitative estimate of drug-likeness (QED) is 0.593. The highest BCUT2D eigenvalue weighted by Crippen LogP contribution is 2.32. The first kappa shape index (κ1) is 18.6. The summed E-state index contributed by atoms with van der Waals surface area (Å²) in [7, 11) is 0. The van der Waals surface area contributed by atoms with Crippen molar-refractivity contribution in [3.63, 3.8) is 0 Å². The molecule has 0 spiro atoms. The second kappa shape index (κ2) is 7.56. The van der Waals surface area contributed by atoms with Gasteiger partial charge >= 0.3 is 0 Å². The number of amides is 1. The Hall–Kier alpha value is -2.23. The van der Waals surface area contributed by atoms with E-state index in [0.717, 1.165) is 5.56 Å². The van der Waals surface area contributed by atoms with Gasteiger partial charge in [0.1, 0.15) is 15.8 Å². The third kappa shape index (κ3) is 3.25. The van der Waals surface area contributed by atoms with Gasteiger partial charge in [-0.1, -0.05) is 30.0 Å². The van der Waals surface area contributed by atoms with Crippen molar-refractivity contribution in [1.82, 2.24) is 14.3 Å². The molecule has 0 bridgehead atoms. The molecule has 2 N–H and O–H groups in total. The fraction of sp³-hybridized carbons (Fsp3) is 0.294. The molecule has 2 aromatic rings. The van der Waals surface area contributed by atoms with Gasteiger partial charge in [-0.3, -0.25) is 18.9 Å². The predicted octanol–water partition coefficient (Wildman–Crippen LogP) is 1.63. The van der Waals surface area contributed by atoms with E-state index in [1.54, 1.807) is 12.3 Å². The Morgan fingerprint density at radius 3 is 2.85 bits per heavy atom. The Labute approximate surface area is 159 Å². The SMILES string of the molecule is CCN1C(=O)/C(=C/c2c(NCCO)nc3c(C)cccn3c2=O)SC1=S. The number of likely N-dealkylation sites (N-methyl/N-ethyl adjacent to an activating group) is 1. The van der Waals surface area contributed by atoms with Gasteiger partial charge in [0, 0.05) is 19.3 Å². The molecule has 3 heterocycles. The number of carbonyl (C=O) groups excluding carboxylic acids is 1. The molecule has 0 saturated carbocycles. The highest BCUT2D eigenvalue weighted by molar-refractivity contribution is 8.26. The van der Waals surface area contributed by atoms with Crippen molar-refractivity contribution in [2.24, 2.45) is 0 Å². The molecule has 0 atom stereocenters. The number of thioether (sulfide) groups is 1. The highest BCUT2D eigenvalue weighted by atomic mass is 32.2. The topological polar surface area (TPSA) is 86.9 Å². The van der Waals surface area contributed by atoms with Crippen LogP contribution in [0, 0.1) is 6.92 Å². The molecule has 1 saturated heterocycles. The summed E-state index contributed by atoms with van der Waals surface area (Å²) in [5.74, 6) is 0.115. The number of aryl methyl sites for hydroxylation is 1. The minimum absolute atomic E-state index is 0.105. The zero-order valence-electron chi connectivity index (χ0n) is 14.4. The largest absolute Gasteiger partial charge is 0.395 e. The Balaban J connectivity index is 2.19. The number of hydrogen-bond donors (Lipinski definition) is 2. The number of rotatable bonds is 5. The van der Waals surface area contributed by atoms with Gasteiger partial charge in [-0.25, -0.2) is 4.98 Å². The van der Waals surface area contributed by atoms with Crippen molar-refractivity contribution in [1.29, 1.82) is 0 Å². The number of nitrogens with zero attached hydrogens (tertiary/aromatic N) is 3. The second-order valence-corrected chi connectivity index (χ2v) is 7.32. The van der Waals surface area contributed by atoms with Gasteiger partial charge in [-0.15, -0.1) is 0 Å². The Kier molecular flexibility index (Phi) is 5.40. The van der Waals surface area contributed by atoms with E-state index in [0.29, 0.717) is 27.2 Å². The van der Waals surface area contributed by atoms with Crippen LogP contribution < -0.4 is 10.9 Å². The Morgan fingerprint density at radius 2 is 2.19 bits per heavy atom. The minimum Gasteiger partial charge on any atom is -0.395 e. The first-order valence-corrected chi connectivity index (χ1v) is 9.32. The fourth-order valence-corrected chi connectivity index (χ4v) is 4.02. The number of aromatic nitrogens is 2. The van der Waals surface area contributed by atoms with E-state index in [4.69, 9.17) is 17.3 Å². The molecule has 0 aliphatic carbocycles. The van der Waals surface area contributed by atoms with E-state index in [2.05, 4.69) is 10.3 Å². The van der Waals surface area contributed by atoms with Gasteiger partial charge in [0.15, 0.2) is 0 Å². The van der Waals surface area contributed by atoms with Crippen LogP contribution in [0.2, 0.25) is 0 Å². The first-order chi connectivity index (χ1) is 12.5. The molecule has 26 heavy (non-hydrogen) atoms. The van der Waals surface area contributed by atoms with E-state index in [1.807, 2.05) is 19.9 Å². The summed E-state index contributed by atoms with van der Waals surface area (Å²) in [4.78, 5) is 31.9. The zero-order valence-corrected chi connectivity index (χ0v) is 16.0. The van der Waals surface area contributed by atoms with E-state index < -0.39 is 0 Å². The lowest BCUT2D eigenvalue weighted by atomic mass is 10.2. The number of nitrogens with one attached hydrogen (secondary N) is 1. The number of aliphatic hydroxyl groups excluding tert-OH is 1. The number of pyridine rings is 1. The van der Waals surface area contributed by atoms with Crippen LogP contribution in [0.5, 0.6) is 0 Å². The van der Waals surface area contributed by atoms with Gasteiger partial charge in [-0.05, 0) is 31.6 Å². The van der Waals surface area contributed by atoms with Gasteiger partial charge in [0.25, 0.3) is 11.5 Å². The van der Waals surface area contributed by atoms with Gasteiger partial charge < -0.3 is 10.4 Å². The van der Waals surface area contributed by atoms with E-state index >= 15 is 0 Å². The maximum absolute atomic E-state index is 13.0. The Morgan fingerprint density at radius 1 is 1.42 bits per heavy atom. The molecule has 1 aliphatic heterocycles. The van der Waals surface area contributed by atoms with Crippen molar-refractivity contribution in [2.45, 2.75) is 13.8 Å². The summed E-state index contributed by atoms with van der Waals surface area (Å²) in [6.07, 6.45) is 3.17. The van der Waals surface area contributed by atoms with Gasteiger partial charge in [0.05, 0.1) is 17.1 Å². The standard InChI is InChI=1S/C17H18N4O3S2/c1-3-20-16(24)12(26-17(20)25)9-11-13(18-6-8-22)19-14-10(2)5-4-7-21(14)15(11)23/h4-5,7,9,18,22H,3,6,8H2,1-2H3/b12-9-. The van der Waals surface area contributed by atoms with E-state index in [1.165, 1.54) is 27.1 Å².